The second kappa shape index (κ2) is 14.0. The average Bonchev–Trinajstić information content (AvgIpc) is 2.86. The molecular formula is C28H20Na2O6S2. The first-order valence-corrected chi connectivity index (χ1v) is 13.6. The molecule has 0 unspecified atom stereocenters. The summed E-state index contributed by atoms with van der Waals surface area (Å²) in [5, 5.41) is 0. The molecule has 4 aromatic carbocycles. The van der Waals surface area contributed by atoms with Gasteiger partial charge >= 0.3 is 59.1 Å². The second-order valence-electron chi connectivity index (χ2n) is 7.89. The van der Waals surface area contributed by atoms with Gasteiger partial charge in [0.05, 0.1) is 9.79 Å². The van der Waals surface area contributed by atoms with E-state index >= 15 is 0 Å². The minimum Gasteiger partial charge on any atom is -0.744 e. The Bertz CT molecular complexity index is 1540. The van der Waals surface area contributed by atoms with Crippen molar-refractivity contribution in [1.29, 1.82) is 0 Å². The van der Waals surface area contributed by atoms with Crippen LogP contribution in [0.2, 0.25) is 0 Å². The van der Waals surface area contributed by atoms with E-state index < -0.39 is 20.2 Å². The van der Waals surface area contributed by atoms with Gasteiger partial charge in [-0.05, 0) is 57.6 Å². The van der Waals surface area contributed by atoms with E-state index in [2.05, 4.69) is 0 Å². The Morgan fingerprint density at radius 3 is 1.13 bits per heavy atom. The molecule has 4 aromatic rings. The van der Waals surface area contributed by atoms with Crippen molar-refractivity contribution in [1.82, 2.24) is 0 Å². The molecule has 0 aliphatic heterocycles. The Kier molecular flexibility index (Phi) is 11.9. The molecule has 182 valence electrons. The number of hydrogen-bond acceptors (Lipinski definition) is 6. The van der Waals surface area contributed by atoms with Crippen molar-refractivity contribution in [2.75, 3.05) is 0 Å². The van der Waals surface area contributed by atoms with Gasteiger partial charge in [-0.25, -0.2) is 16.8 Å². The SMILES string of the molecule is O=S(=O)([O-])c1ccc(-c2ccc(S(=O)(=O)[O-])cc2/C=C/c2ccccc2)c(/C=C/c2ccccc2)c1.[Na+].[Na+]. The molecule has 0 amide bonds. The monoisotopic (exact) mass is 562 g/mol. The van der Waals surface area contributed by atoms with Crippen LogP contribution in [0.25, 0.3) is 35.4 Å². The molecule has 0 saturated carbocycles. The molecule has 10 heteroatoms. The molecule has 0 aliphatic rings. The summed E-state index contributed by atoms with van der Waals surface area (Å²) in [7, 11) is -9.42. The Balaban J connectivity index is 0.00000253. The average molecular weight is 563 g/mol. The molecule has 0 bridgehead atoms. The number of hydrogen-bond donors (Lipinski definition) is 0. The predicted molar refractivity (Wildman–Crippen MR) is 139 cm³/mol. The number of rotatable bonds is 7. The first-order valence-electron chi connectivity index (χ1n) is 10.8. The predicted octanol–water partition coefficient (Wildman–Crippen LogP) is -0.489. The van der Waals surface area contributed by atoms with Crippen LogP contribution < -0.4 is 59.1 Å². The van der Waals surface area contributed by atoms with Gasteiger partial charge < -0.3 is 9.11 Å². The fourth-order valence-electron chi connectivity index (χ4n) is 3.66. The third-order valence-electron chi connectivity index (χ3n) is 5.42. The molecule has 0 fully saturated rings. The van der Waals surface area contributed by atoms with Crippen molar-refractivity contribution in [3.8, 4) is 11.1 Å². The van der Waals surface area contributed by atoms with Crippen LogP contribution in [-0.4, -0.2) is 25.9 Å². The summed E-state index contributed by atoms with van der Waals surface area (Å²) in [5.74, 6) is 0. The minimum atomic E-state index is -4.71. The topological polar surface area (TPSA) is 114 Å². The molecule has 0 radical (unpaired) electrons. The van der Waals surface area contributed by atoms with Crippen molar-refractivity contribution < 1.29 is 85.1 Å². The molecule has 0 atom stereocenters. The van der Waals surface area contributed by atoms with Crippen LogP contribution >= 0.6 is 0 Å². The Labute approximate surface area is 267 Å². The molecule has 6 nitrogen and oxygen atoms in total. The quantitative estimate of drug-likeness (QED) is 0.171. The van der Waals surface area contributed by atoms with Crippen LogP contribution in [0.1, 0.15) is 22.3 Å². The van der Waals surface area contributed by atoms with E-state index in [-0.39, 0.29) is 68.9 Å². The van der Waals surface area contributed by atoms with Gasteiger partial charge in [0.2, 0.25) is 0 Å². The fourth-order valence-corrected chi connectivity index (χ4v) is 4.67. The van der Waals surface area contributed by atoms with Gasteiger partial charge in [0.15, 0.2) is 0 Å². The molecule has 4 rings (SSSR count). The van der Waals surface area contributed by atoms with Crippen molar-refractivity contribution in [3.63, 3.8) is 0 Å². The van der Waals surface area contributed by atoms with E-state index in [1.165, 1.54) is 36.4 Å². The van der Waals surface area contributed by atoms with E-state index in [1.807, 2.05) is 60.7 Å². The van der Waals surface area contributed by atoms with Crippen LogP contribution in [0.4, 0.5) is 0 Å². The number of benzene rings is 4. The molecule has 0 spiro atoms. The third-order valence-corrected chi connectivity index (χ3v) is 7.09. The van der Waals surface area contributed by atoms with Crippen LogP contribution in [0, 0.1) is 0 Å². The molecule has 0 aromatic heterocycles. The first kappa shape index (κ1) is 32.4. The van der Waals surface area contributed by atoms with E-state index in [4.69, 9.17) is 0 Å². The van der Waals surface area contributed by atoms with Gasteiger partial charge in [-0.2, -0.15) is 0 Å². The van der Waals surface area contributed by atoms with Gasteiger partial charge in [0.1, 0.15) is 20.2 Å². The van der Waals surface area contributed by atoms with Gasteiger partial charge in [-0.15, -0.1) is 0 Å². The van der Waals surface area contributed by atoms with Crippen molar-refractivity contribution in [2.45, 2.75) is 9.79 Å². The Hall–Kier alpha value is -1.82. The molecule has 0 saturated heterocycles. The molecule has 0 heterocycles. The zero-order chi connectivity index (χ0) is 25.8. The van der Waals surface area contributed by atoms with E-state index in [1.54, 1.807) is 24.3 Å². The van der Waals surface area contributed by atoms with Crippen molar-refractivity contribution in [2.24, 2.45) is 0 Å². The summed E-state index contributed by atoms with van der Waals surface area (Å²) < 4.78 is 70.2. The standard InChI is InChI=1S/C28H22O6S2.2Na/c29-35(30,31)25-15-17-27(23(19-25)13-11-21-7-3-1-4-8-21)28-18-16-26(36(32,33)34)20-24(28)14-12-22-9-5-2-6-10-22;;/h1-20H,(H,29,30,31)(H,32,33,34);;/q;2*+1/p-2/b13-11+,14-12+;;. The summed E-state index contributed by atoms with van der Waals surface area (Å²) in [6.45, 7) is 0. The van der Waals surface area contributed by atoms with Gasteiger partial charge in [-0.1, -0.05) is 97.1 Å². The van der Waals surface area contributed by atoms with Crippen molar-refractivity contribution in [3.05, 3.63) is 119 Å². The Morgan fingerprint density at radius 1 is 0.474 bits per heavy atom. The maximum Gasteiger partial charge on any atom is 1.00 e. The summed E-state index contributed by atoms with van der Waals surface area (Å²) in [6, 6.07) is 26.6. The summed E-state index contributed by atoms with van der Waals surface area (Å²) in [5.41, 5.74) is 3.69. The zero-order valence-corrected chi connectivity index (χ0v) is 26.4. The summed E-state index contributed by atoms with van der Waals surface area (Å²) >= 11 is 0. The first-order chi connectivity index (χ1) is 17.1. The van der Waals surface area contributed by atoms with E-state index in [9.17, 15) is 25.9 Å². The summed E-state index contributed by atoms with van der Waals surface area (Å²) in [4.78, 5) is -0.779. The third kappa shape index (κ3) is 8.59. The van der Waals surface area contributed by atoms with E-state index in [0.717, 1.165) is 11.1 Å². The van der Waals surface area contributed by atoms with Gasteiger partial charge in [0, 0.05) is 0 Å². The van der Waals surface area contributed by atoms with E-state index in [0.29, 0.717) is 22.3 Å². The molecule has 0 N–H and O–H groups in total. The maximum atomic E-state index is 11.7. The van der Waals surface area contributed by atoms with Crippen molar-refractivity contribution >= 4 is 44.5 Å². The van der Waals surface area contributed by atoms with Crippen LogP contribution in [0.5, 0.6) is 0 Å². The normalized spacial score (nSPS) is 11.7. The van der Waals surface area contributed by atoms with Crippen LogP contribution in [0.3, 0.4) is 0 Å². The smallest absolute Gasteiger partial charge is 0.744 e. The van der Waals surface area contributed by atoms with Gasteiger partial charge in [0.25, 0.3) is 0 Å². The largest absolute Gasteiger partial charge is 1.00 e. The molecular weight excluding hydrogens is 542 g/mol. The second-order valence-corrected chi connectivity index (χ2v) is 10.7. The molecule has 0 aliphatic carbocycles. The zero-order valence-electron chi connectivity index (χ0n) is 20.8. The molecule has 38 heavy (non-hydrogen) atoms. The van der Waals surface area contributed by atoms with Gasteiger partial charge in [-0.3, -0.25) is 0 Å². The minimum absolute atomic E-state index is 0. The summed E-state index contributed by atoms with van der Waals surface area (Å²) in [6.07, 6.45) is 6.91. The fraction of sp³-hybridized carbons (Fsp3) is 0. The Morgan fingerprint density at radius 2 is 0.816 bits per heavy atom. The maximum absolute atomic E-state index is 11.7. The van der Waals surface area contributed by atoms with Crippen LogP contribution in [0.15, 0.2) is 107 Å². The van der Waals surface area contributed by atoms with Crippen LogP contribution in [-0.2, 0) is 20.2 Å².